The highest BCUT2D eigenvalue weighted by molar-refractivity contribution is 7.08. The molecule has 0 saturated carbocycles. The van der Waals surface area contributed by atoms with Crippen LogP contribution in [0.2, 0.25) is 0 Å². The SMILES string of the molecule is CCCn1c(=O)[nH]c(=O)c2[nH]c(-c3ccsc3)nc21. The zero-order valence-corrected chi connectivity index (χ0v) is 11.1. The first-order valence-electron chi connectivity index (χ1n) is 5.96. The first-order valence-corrected chi connectivity index (χ1v) is 6.90. The van der Waals surface area contributed by atoms with Crippen LogP contribution in [0.1, 0.15) is 13.3 Å². The quantitative estimate of drug-likeness (QED) is 0.761. The van der Waals surface area contributed by atoms with Crippen LogP contribution in [-0.4, -0.2) is 19.5 Å². The molecule has 98 valence electrons. The molecule has 3 rings (SSSR count). The molecule has 0 radical (unpaired) electrons. The summed E-state index contributed by atoms with van der Waals surface area (Å²) in [5.41, 5.74) is 0.825. The maximum atomic E-state index is 11.8. The predicted molar refractivity (Wildman–Crippen MR) is 74.6 cm³/mol. The van der Waals surface area contributed by atoms with Gasteiger partial charge in [-0.1, -0.05) is 6.92 Å². The van der Waals surface area contributed by atoms with E-state index in [0.29, 0.717) is 23.5 Å². The molecule has 19 heavy (non-hydrogen) atoms. The van der Waals surface area contributed by atoms with Gasteiger partial charge < -0.3 is 4.98 Å². The fourth-order valence-corrected chi connectivity index (χ4v) is 2.65. The van der Waals surface area contributed by atoms with Crippen molar-refractivity contribution in [2.24, 2.45) is 0 Å². The number of hydrogen-bond acceptors (Lipinski definition) is 4. The predicted octanol–water partition coefficient (Wildman–Crippen LogP) is 1.55. The number of aromatic amines is 2. The van der Waals surface area contributed by atoms with Crippen molar-refractivity contribution in [1.82, 2.24) is 19.5 Å². The van der Waals surface area contributed by atoms with Crippen molar-refractivity contribution < 1.29 is 0 Å². The second-order valence-electron chi connectivity index (χ2n) is 4.21. The van der Waals surface area contributed by atoms with Gasteiger partial charge in [-0.2, -0.15) is 11.3 Å². The van der Waals surface area contributed by atoms with E-state index in [1.54, 1.807) is 11.3 Å². The molecule has 0 aliphatic rings. The minimum atomic E-state index is -0.429. The molecule has 0 aliphatic carbocycles. The topological polar surface area (TPSA) is 83.5 Å². The Bertz CT molecular complexity index is 826. The Labute approximate surface area is 111 Å². The Balaban J connectivity index is 2.32. The molecule has 0 aromatic carbocycles. The third-order valence-corrected chi connectivity index (χ3v) is 3.56. The molecule has 3 aromatic heterocycles. The van der Waals surface area contributed by atoms with Gasteiger partial charge in [-0.3, -0.25) is 14.3 Å². The molecule has 0 aliphatic heterocycles. The first-order chi connectivity index (χ1) is 9.20. The van der Waals surface area contributed by atoms with Crippen molar-refractivity contribution in [2.45, 2.75) is 19.9 Å². The van der Waals surface area contributed by atoms with Crippen molar-refractivity contribution in [1.29, 1.82) is 0 Å². The van der Waals surface area contributed by atoms with Crippen LogP contribution in [0.3, 0.4) is 0 Å². The molecule has 0 fully saturated rings. The smallest absolute Gasteiger partial charge is 0.330 e. The van der Waals surface area contributed by atoms with Gasteiger partial charge >= 0.3 is 5.69 Å². The summed E-state index contributed by atoms with van der Waals surface area (Å²) in [5.74, 6) is 0.609. The molecule has 0 saturated heterocycles. The standard InChI is InChI=1S/C12H12N4O2S/c1-2-4-16-10-8(11(17)15-12(16)18)13-9(14-10)7-3-5-19-6-7/h3,5-6H,2,4H2,1H3,(H,13,14)(H,15,17,18). The lowest BCUT2D eigenvalue weighted by atomic mass is 10.3. The number of nitrogens with one attached hydrogen (secondary N) is 2. The van der Waals surface area contributed by atoms with Gasteiger partial charge in [0.15, 0.2) is 5.65 Å². The van der Waals surface area contributed by atoms with Crippen LogP contribution >= 0.6 is 11.3 Å². The molecule has 0 amide bonds. The lowest BCUT2D eigenvalue weighted by Crippen LogP contribution is -2.30. The van der Waals surface area contributed by atoms with Crippen molar-refractivity contribution in [3.8, 4) is 11.4 Å². The molecule has 0 bridgehead atoms. The van der Waals surface area contributed by atoms with Crippen LogP contribution in [0.15, 0.2) is 26.4 Å². The number of hydrogen-bond donors (Lipinski definition) is 2. The van der Waals surface area contributed by atoms with Gasteiger partial charge in [0, 0.05) is 17.5 Å². The third-order valence-electron chi connectivity index (χ3n) is 2.87. The molecule has 0 unspecified atom stereocenters. The maximum Gasteiger partial charge on any atom is 0.330 e. The number of H-pyrrole nitrogens is 2. The number of thiophene rings is 1. The summed E-state index contributed by atoms with van der Waals surface area (Å²) in [7, 11) is 0. The molecular weight excluding hydrogens is 264 g/mol. The Morgan fingerprint density at radius 1 is 1.37 bits per heavy atom. The summed E-state index contributed by atoms with van der Waals surface area (Å²) in [6.07, 6.45) is 0.793. The van der Waals surface area contributed by atoms with E-state index >= 15 is 0 Å². The van der Waals surface area contributed by atoms with Crippen molar-refractivity contribution in [3.05, 3.63) is 37.7 Å². The minimum Gasteiger partial charge on any atom is -0.332 e. The van der Waals surface area contributed by atoms with Crippen LogP contribution in [0.4, 0.5) is 0 Å². The highest BCUT2D eigenvalue weighted by Crippen LogP contribution is 2.20. The molecule has 7 heteroatoms. The Hall–Kier alpha value is -2.15. The summed E-state index contributed by atoms with van der Waals surface area (Å²) < 4.78 is 1.49. The Morgan fingerprint density at radius 2 is 2.21 bits per heavy atom. The molecule has 2 N–H and O–H groups in total. The number of aromatic nitrogens is 4. The van der Waals surface area contributed by atoms with Gasteiger partial charge in [-0.05, 0) is 17.9 Å². The van der Waals surface area contributed by atoms with Crippen LogP contribution in [0.5, 0.6) is 0 Å². The van der Waals surface area contributed by atoms with Gasteiger partial charge in [0.2, 0.25) is 0 Å². The van der Waals surface area contributed by atoms with Crippen LogP contribution in [-0.2, 0) is 6.54 Å². The molecule has 3 heterocycles. The number of imidazole rings is 1. The Morgan fingerprint density at radius 3 is 2.89 bits per heavy atom. The number of rotatable bonds is 3. The molecule has 3 aromatic rings. The number of fused-ring (bicyclic) bond motifs is 1. The Kier molecular flexibility index (Phi) is 2.83. The van der Waals surface area contributed by atoms with E-state index in [9.17, 15) is 9.59 Å². The van der Waals surface area contributed by atoms with E-state index in [4.69, 9.17) is 0 Å². The lowest BCUT2D eigenvalue weighted by molar-refractivity contribution is 0.653. The van der Waals surface area contributed by atoms with Gasteiger partial charge in [0.25, 0.3) is 5.56 Å². The summed E-state index contributed by atoms with van der Waals surface area (Å²) in [6, 6.07) is 1.92. The summed E-state index contributed by atoms with van der Waals surface area (Å²) >= 11 is 1.55. The number of nitrogens with zero attached hydrogens (tertiary/aromatic N) is 2. The summed E-state index contributed by atoms with van der Waals surface area (Å²) in [6.45, 7) is 2.50. The average molecular weight is 276 g/mol. The van der Waals surface area contributed by atoms with Crippen LogP contribution < -0.4 is 11.2 Å². The second-order valence-corrected chi connectivity index (χ2v) is 4.99. The largest absolute Gasteiger partial charge is 0.332 e. The number of aryl methyl sites for hydroxylation is 1. The molecular formula is C12H12N4O2S. The van der Waals surface area contributed by atoms with E-state index in [2.05, 4.69) is 15.0 Å². The highest BCUT2D eigenvalue weighted by atomic mass is 32.1. The van der Waals surface area contributed by atoms with Crippen molar-refractivity contribution in [2.75, 3.05) is 0 Å². The van der Waals surface area contributed by atoms with Gasteiger partial charge in [-0.15, -0.1) is 0 Å². The van der Waals surface area contributed by atoms with E-state index in [1.165, 1.54) is 4.57 Å². The molecule has 0 spiro atoms. The van der Waals surface area contributed by atoms with E-state index in [0.717, 1.165) is 12.0 Å². The minimum absolute atomic E-state index is 0.342. The fraction of sp³-hybridized carbons (Fsp3) is 0.250. The van der Waals surface area contributed by atoms with Gasteiger partial charge in [0.05, 0.1) is 0 Å². The zero-order valence-electron chi connectivity index (χ0n) is 10.3. The van der Waals surface area contributed by atoms with Crippen LogP contribution in [0.25, 0.3) is 22.6 Å². The van der Waals surface area contributed by atoms with Crippen molar-refractivity contribution in [3.63, 3.8) is 0 Å². The maximum absolute atomic E-state index is 11.8. The van der Waals surface area contributed by atoms with E-state index in [1.807, 2.05) is 23.8 Å². The highest BCUT2D eigenvalue weighted by Gasteiger charge is 2.13. The van der Waals surface area contributed by atoms with E-state index < -0.39 is 11.2 Å². The van der Waals surface area contributed by atoms with Gasteiger partial charge in [0.1, 0.15) is 11.3 Å². The molecule has 0 atom stereocenters. The summed E-state index contributed by atoms with van der Waals surface area (Å²) in [5, 5.41) is 3.88. The zero-order chi connectivity index (χ0) is 13.4. The van der Waals surface area contributed by atoms with E-state index in [-0.39, 0.29) is 0 Å². The lowest BCUT2D eigenvalue weighted by Gasteiger charge is -2.02. The molecule has 6 nitrogen and oxygen atoms in total. The second kappa shape index (κ2) is 4.51. The summed E-state index contributed by atoms with van der Waals surface area (Å²) in [4.78, 5) is 33.3. The van der Waals surface area contributed by atoms with Gasteiger partial charge in [-0.25, -0.2) is 9.78 Å². The van der Waals surface area contributed by atoms with Crippen molar-refractivity contribution >= 4 is 22.5 Å². The monoisotopic (exact) mass is 276 g/mol. The fourth-order valence-electron chi connectivity index (χ4n) is 2.01. The third kappa shape index (κ3) is 1.91. The van der Waals surface area contributed by atoms with Crippen LogP contribution in [0, 0.1) is 0 Å². The first kappa shape index (κ1) is 11.9. The normalized spacial score (nSPS) is 11.2. The average Bonchev–Trinajstić information content (AvgIpc) is 3.02.